The van der Waals surface area contributed by atoms with Crippen molar-refractivity contribution < 1.29 is 9.53 Å². The number of amides is 1. The molecule has 139 valence electrons. The fraction of sp³-hybridized carbons (Fsp3) is 0.300. The average molecular weight is 364 g/mol. The third-order valence-electron chi connectivity index (χ3n) is 4.59. The molecule has 1 N–H and O–H groups in total. The molecule has 1 radical (unpaired) electrons. The van der Waals surface area contributed by atoms with Gasteiger partial charge in [-0.3, -0.25) is 4.79 Å². The molecule has 1 fully saturated rings. The third kappa shape index (κ3) is 3.78. The monoisotopic (exact) mass is 364 g/mol. The van der Waals surface area contributed by atoms with Crippen molar-refractivity contribution in [2.24, 2.45) is 0 Å². The third-order valence-corrected chi connectivity index (χ3v) is 4.59. The molecule has 1 aliphatic heterocycles. The number of hydrogen-bond donors (Lipinski definition) is 1. The van der Waals surface area contributed by atoms with Gasteiger partial charge in [-0.15, -0.1) is 0 Å². The molecular formula is C20H22N5O2. The summed E-state index contributed by atoms with van der Waals surface area (Å²) in [6.45, 7) is 7.19. The molecule has 7 nitrogen and oxygen atoms in total. The Morgan fingerprint density at radius 2 is 1.96 bits per heavy atom. The molecule has 2 aromatic heterocycles. The maximum absolute atomic E-state index is 12.5. The van der Waals surface area contributed by atoms with Crippen LogP contribution in [0.5, 0.6) is 0 Å². The van der Waals surface area contributed by atoms with E-state index in [2.05, 4.69) is 26.8 Å². The van der Waals surface area contributed by atoms with Crippen molar-refractivity contribution >= 4 is 28.6 Å². The van der Waals surface area contributed by atoms with Gasteiger partial charge in [0, 0.05) is 48.7 Å². The van der Waals surface area contributed by atoms with Gasteiger partial charge in [-0.05, 0) is 36.8 Å². The first kappa shape index (κ1) is 17.5. The standard InChI is InChI=1S/C20H22N5O2/c1-2-8-24-9-7-16-14-21-20(23-18(16)24)22-17-5-3-15(4-6-17)19(26)25-10-12-27-13-11-25/h3-7,9,14H,1-2,8,10-13H2,(H,21,22,23). The highest BCUT2D eigenvalue weighted by molar-refractivity contribution is 5.94. The molecule has 1 aromatic carbocycles. The summed E-state index contributed by atoms with van der Waals surface area (Å²) in [6, 6.07) is 9.39. The number of hydrogen-bond acceptors (Lipinski definition) is 5. The maximum atomic E-state index is 12.5. The topological polar surface area (TPSA) is 72.3 Å². The van der Waals surface area contributed by atoms with Gasteiger partial charge in [0.05, 0.1) is 13.2 Å². The second kappa shape index (κ2) is 7.75. The smallest absolute Gasteiger partial charge is 0.254 e. The van der Waals surface area contributed by atoms with Crippen LogP contribution in [-0.2, 0) is 11.3 Å². The van der Waals surface area contributed by atoms with E-state index < -0.39 is 0 Å². The molecule has 0 spiro atoms. The second-order valence-corrected chi connectivity index (χ2v) is 6.44. The Kier molecular flexibility index (Phi) is 5.02. The Labute approximate surface area is 158 Å². The largest absolute Gasteiger partial charge is 0.378 e. The highest BCUT2D eigenvalue weighted by Crippen LogP contribution is 2.19. The Hall–Kier alpha value is -2.93. The molecule has 1 amide bonds. The molecule has 0 bridgehead atoms. The molecule has 0 saturated carbocycles. The number of nitrogens with zero attached hydrogens (tertiary/aromatic N) is 4. The van der Waals surface area contributed by atoms with E-state index in [9.17, 15) is 4.79 Å². The van der Waals surface area contributed by atoms with Crippen LogP contribution in [-0.4, -0.2) is 51.6 Å². The van der Waals surface area contributed by atoms with Crippen molar-refractivity contribution in [1.29, 1.82) is 0 Å². The molecular weight excluding hydrogens is 342 g/mol. The first-order valence-corrected chi connectivity index (χ1v) is 9.10. The van der Waals surface area contributed by atoms with Gasteiger partial charge < -0.3 is 19.5 Å². The number of aryl methyl sites for hydroxylation is 1. The molecule has 4 rings (SSSR count). The van der Waals surface area contributed by atoms with E-state index >= 15 is 0 Å². The van der Waals surface area contributed by atoms with E-state index in [1.165, 1.54) is 0 Å². The molecule has 0 unspecified atom stereocenters. The zero-order chi connectivity index (χ0) is 18.6. The van der Waals surface area contributed by atoms with Crippen molar-refractivity contribution in [2.75, 3.05) is 31.6 Å². The quantitative estimate of drug-likeness (QED) is 0.754. The molecule has 3 heterocycles. The van der Waals surface area contributed by atoms with Crippen LogP contribution in [0.15, 0.2) is 42.7 Å². The lowest BCUT2D eigenvalue weighted by Crippen LogP contribution is -2.40. The number of aromatic nitrogens is 3. The molecule has 0 aliphatic carbocycles. The summed E-state index contributed by atoms with van der Waals surface area (Å²) in [5.74, 6) is 0.562. The summed E-state index contributed by atoms with van der Waals surface area (Å²) in [5.41, 5.74) is 2.39. The molecule has 7 heteroatoms. The van der Waals surface area contributed by atoms with Gasteiger partial charge in [-0.25, -0.2) is 4.98 Å². The predicted molar refractivity (Wildman–Crippen MR) is 104 cm³/mol. The van der Waals surface area contributed by atoms with Crippen LogP contribution >= 0.6 is 0 Å². The lowest BCUT2D eigenvalue weighted by Gasteiger charge is -2.26. The van der Waals surface area contributed by atoms with Crippen LogP contribution in [0.2, 0.25) is 0 Å². The number of benzene rings is 1. The number of rotatable bonds is 5. The van der Waals surface area contributed by atoms with Crippen LogP contribution in [0, 0.1) is 6.92 Å². The van der Waals surface area contributed by atoms with E-state index in [1.54, 1.807) is 6.20 Å². The van der Waals surface area contributed by atoms with Gasteiger partial charge in [0.15, 0.2) is 0 Å². The normalized spacial score (nSPS) is 14.5. The first-order valence-electron chi connectivity index (χ1n) is 9.10. The summed E-state index contributed by atoms with van der Waals surface area (Å²) in [6.07, 6.45) is 4.61. The fourth-order valence-corrected chi connectivity index (χ4v) is 3.16. The van der Waals surface area contributed by atoms with Crippen molar-refractivity contribution in [3.05, 3.63) is 55.2 Å². The van der Waals surface area contributed by atoms with Crippen LogP contribution in [0.3, 0.4) is 0 Å². The average Bonchev–Trinajstić information content (AvgIpc) is 3.11. The van der Waals surface area contributed by atoms with Gasteiger partial charge in [-0.1, -0.05) is 6.92 Å². The summed E-state index contributed by atoms with van der Waals surface area (Å²) in [5, 5.41) is 4.21. The highest BCUT2D eigenvalue weighted by Gasteiger charge is 2.18. The fourth-order valence-electron chi connectivity index (χ4n) is 3.16. The van der Waals surface area contributed by atoms with Crippen molar-refractivity contribution in [2.45, 2.75) is 13.0 Å². The number of anilines is 2. The van der Waals surface area contributed by atoms with E-state index in [0.29, 0.717) is 37.8 Å². The van der Waals surface area contributed by atoms with Gasteiger partial charge in [0.1, 0.15) is 5.65 Å². The summed E-state index contributed by atoms with van der Waals surface area (Å²) in [4.78, 5) is 23.3. The summed E-state index contributed by atoms with van der Waals surface area (Å²) < 4.78 is 7.37. The molecule has 1 saturated heterocycles. The van der Waals surface area contributed by atoms with Gasteiger partial charge in [0.25, 0.3) is 5.91 Å². The molecule has 3 aromatic rings. The van der Waals surface area contributed by atoms with Crippen LogP contribution in [0.1, 0.15) is 16.8 Å². The van der Waals surface area contributed by atoms with Crippen molar-refractivity contribution in [1.82, 2.24) is 19.4 Å². The highest BCUT2D eigenvalue weighted by atomic mass is 16.5. The Bertz CT molecular complexity index is 929. The van der Waals surface area contributed by atoms with Crippen LogP contribution in [0.25, 0.3) is 11.0 Å². The molecule has 27 heavy (non-hydrogen) atoms. The van der Waals surface area contributed by atoms with Gasteiger partial charge in [0.2, 0.25) is 5.95 Å². The van der Waals surface area contributed by atoms with Gasteiger partial charge >= 0.3 is 0 Å². The van der Waals surface area contributed by atoms with Crippen molar-refractivity contribution in [3.8, 4) is 0 Å². The molecule has 0 atom stereocenters. The van der Waals surface area contributed by atoms with Crippen LogP contribution in [0.4, 0.5) is 11.6 Å². The maximum Gasteiger partial charge on any atom is 0.254 e. The minimum Gasteiger partial charge on any atom is -0.378 e. The lowest BCUT2D eigenvalue weighted by atomic mass is 10.1. The number of carbonyl (C=O) groups is 1. The van der Waals surface area contributed by atoms with Gasteiger partial charge in [-0.2, -0.15) is 4.98 Å². The molecule has 1 aliphatic rings. The number of morpholine rings is 1. The Balaban J connectivity index is 1.48. The SMILES string of the molecule is [CH2]CCn1ccc2cnc(Nc3ccc(C(=O)N4CCOCC4)cc3)nc21. The Morgan fingerprint density at radius 3 is 2.70 bits per heavy atom. The first-order chi connectivity index (χ1) is 13.2. The van der Waals surface area contributed by atoms with E-state index in [1.807, 2.05) is 41.4 Å². The number of ether oxygens (including phenoxy) is 1. The van der Waals surface area contributed by atoms with E-state index in [0.717, 1.165) is 29.7 Å². The number of carbonyl (C=O) groups excluding carboxylic acids is 1. The minimum absolute atomic E-state index is 0.0357. The second-order valence-electron chi connectivity index (χ2n) is 6.44. The number of nitrogens with one attached hydrogen (secondary N) is 1. The number of fused-ring (bicyclic) bond motifs is 1. The van der Waals surface area contributed by atoms with E-state index in [-0.39, 0.29) is 5.91 Å². The summed E-state index contributed by atoms with van der Waals surface area (Å²) in [7, 11) is 0. The summed E-state index contributed by atoms with van der Waals surface area (Å²) >= 11 is 0. The minimum atomic E-state index is 0.0357. The van der Waals surface area contributed by atoms with Crippen molar-refractivity contribution in [3.63, 3.8) is 0 Å². The zero-order valence-corrected chi connectivity index (χ0v) is 15.1. The van der Waals surface area contributed by atoms with Crippen LogP contribution < -0.4 is 5.32 Å². The lowest BCUT2D eigenvalue weighted by molar-refractivity contribution is 0.0303. The Morgan fingerprint density at radius 1 is 1.19 bits per heavy atom. The zero-order valence-electron chi connectivity index (χ0n) is 15.1. The van der Waals surface area contributed by atoms with E-state index in [4.69, 9.17) is 4.74 Å². The predicted octanol–water partition coefficient (Wildman–Crippen LogP) is 2.87.